The molecule has 1 aromatic heterocycles. The van der Waals surface area contributed by atoms with Crippen molar-refractivity contribution < 1.29 is 9.21 Å². The molecule has 0 aliphatic heterocycles. The lowest BCUT2D eigenvalue weighted by Crippen LogP contribution is -2.23. The van der Waals surface area contributed by atoms with Gasteiger partial charge in [-0.2, -0.15) is 0 Å². The highest BCUT2D eigenvalue weighted by atomic mass is 16.3. The number of hydrogen-bond acceptors (Lipinski definition) is 3. The summed E-state index contributed by atoms with van der Waals surface area (Å²) < 4.78 is 5.19. The molecule has 0 unspecified atom stereocenters. The largest absolute Gasteiger partial charge is 0.437 e. The zero-order valence-corrected chi connectivity index (χ0v) is 7.78. The molecule has 4 N–H and O–H groups in total. The van der Waals surface area contributed by atoms with Gasteiger partial charge < -0.3 is 15.5 Å². The summed E-state index contributed by atoms with van der Waals surface area (Å²) in [5.74, 6) is 0. The summed E-state index contributed by atoms with van der Waals surface area (Å²) in [5.41, 5.74) is 5.70. The van der Waals surface area contributed by atoms with Crippen LogP contribution in [-0.2, 0) is 0 Å². The van der Waals surface area contributed by atoms with Crippen LogP contribution in [-0.4, -0.2) is 6.03 Å². The lowest BCUT2D eigenvalue weighted by molar-refractivity contribution is 0.259. The second-order valence-corrected chi connectivity index (χ2v) is 3.02. The Labute approximate surface area is 85.0 Å². The molecule has 1 heterocycles. The van der Waals surface area contributed by atoms with Crippen LogP contribution in [0.3, 0.4) is 0 Å². The Hall–Kier alpha value is -2.30. The molecule has 1 aromatic carbocycles. The number of rotatable bonds is 1. The molecule has 5 heteroatoms. The van der Waals surface area contributed by atoms with Crippen LogP contribution in [0.25, 0.3) is 11.0 Å². The number of para-hydroxylation sites is 1. The van der Waals surface area contributed by atoms with E-state index in [2.05, 4.69) is 5.32 Å². The van der Waals surface area contributed by atoms with Crippen molar-refractivity contribution in [1.82, 2.24) is 0 Å². The Morgan fingerprint density at radius 3 is 2.87 bits per heavy atom. The average molecular weight is 203 g/mol. The molecule has 0 spiro atoms. The maximum Gasteiger partial charge on any atom is 0.316 e. The van der Waals surface area contributed by atoms with Crippen LogP contribution in [0.2, 0.25) is 0 Å². The molecule has 76 valence electrons. The van der Waals surface area contributed by atoms with Gasteiger partial charge in [0.1, 0.15) is 11.3 Å². The fourth-order valence-corrected chi connectivity index (χ4v) is 1.30. The number of carbonyl (C=O) groups is 1. The summed E-state index contributed by atoms with van der Waals surface area (Å²) >= 11 is 0. The van der Waals surface area contributed by atoms with Crippen molar-refractivity contribution in [2.75, 3.05) is 5.32 Å². The van der Waals surface area contributed by atoms with E-state index in [-0.39, 0.29) is 11.2 Å². The summed E-state index contributed by atoms with van der Waals surface area (Å²) in [6.07, 6.45) is 0. The van der Waals surface area contributed by atoms with Crippen molar-refractivity contribution >= 4 is 22.7 Å². The molecule has 0 radical (unpaired) electrons. The Balaban J connectivity index is 2.62. The van der Waals surface area contributed by atoms with Crippen molar-refractivity contribution in [3.05, 3.63) is 35.9 Å². The number of nitrogens with two attached hydrogens (primary N) is 1. The third-order valence-electron chi connectivity index (χ3n) is 1.93. The fraction of sp³-hybridized carbons (Fsp3) is 0. The number of carbonyl (C=O) groups excluding carboxylic acids is 1. The van der Waals surface area contributed by atoms with Gasteiger partial charge >= 0.3 is 6.03 Å². The van der Waals surface area contributed by atoms with Crippen LogP contribution in [0.15, 0.2) is 34.7 Å². The van der Waals surface area contributed by atoms with Crippen LogP contribution in [0.4, 0.5) is 10.5 Å². The fourth-order valence-electron chi connectivity index (χ4n) is 1.30. The molecule has 15 heavy (non-hydrogen) atoms. The number of amides is 2. The minimum absolute atomic E-state index is 0.118. The highest BCUT2D eigenvalue weighted by Gasteiger charge is 2.03. The van der Waals surface area contributed by atoms with E-state index in [1.54, 1.807) is 12.1 Å². The van der Waals surface area contributed by atoms with Gasteiger partial charge in [0.2, 0.25) is 5.55 Å². The number of nitrogens with one attached hydrogen (secondary N) is 2. The van der Waals surface area contributed by atoms with Gasteiger partial charge in [-0.3, -0.25) is 5.41 Å². The first-order chi connectivity index (χ1) is 7.16. The normalized spacial score (nSPS) is 10.1. The molecule has 2 aromatic rings. The maximum atomic E-state index is 10.6. The standard InChI is InChI=1S/C10H9N3O2/c11-9-7(13-10(12)14)5-6-3-1-2-4-8(6)15-9/h1-5,11H,(H3,12,13,14). The molecule has 2 amide bonds. The van der Waals surface area contributed by atoms with Crippen molar-refractivity contribution in [1.29, 1.82) is 5.41 Å². The number of urea groups is 1. The summed E-state index contributed by atoms with van der Waals surface area (Å²) in [5, 5.41) is 10.6. The highest BCUT2D eigenvalue weighted by molar-refractivity contribution is 5.90. The summed E-state index contributed by atoms with van der Waals surface area (Å²) in [6, 6.07) is 8.16. The zero-order valence-electron chi connectivity index (χ0n) is 7.78. The van der Waals surface area contributed by atoms with Gasteiger partial charge in [-0.1, -0.05) is 18.2 Å². The number of fused-ring (bicyclic) bond motifs is 1. The molecular formula is C10H9N3O2. The van der Waals surface area contributed by atoms with Gasteiger partial charge in [-0.15, -0.1) is 0 Å². The molecule has 0 saturated heterocycles. The Bertz CT molecular complexity index is 574. The lowest BCUT2D eigenvalue weighted by atomic mass is 10.2. The second kappa shape index (κ2) is 3.45. The summed E-state index contributed by atoms with van der Waals surface area (Å²) in [6.45, 7) is 0. The van der Waals surface area contributed by atoms with Gasteiger partial charge in [-0.25, -0.2) is 4.79 Å². The third kappa shape index (κ3) is 1.80. The van der Waals surface area contributed by atoms with E-state index in [9.17, 15) is 4.79 Å². The van der Waals surface area contributed by atoms with E-state index in [1.807, 2.05) is 18.2 Å². The van der Waals surface area contributed by atoms with E-state index in [0.29, 0.717) is 5.58 Å². The molecule has 2 rings (SSSR count). The Kier molecular flexibility index (Phi) is 2.13. The van der Waals surface area contributed by atoms with Crippen LogP contribution in [0, 0.1) is 5.41 Å². The zero-order chi connectivity index (χ0) is 10.8. The Morgan fingerprint density at radius 2 is 2.13 bits per heavy atom. The molecule has 0 bridgehead atoms. The number of benzene rings is 1. The Morgan fingerprint density at radius 1 is 1.40 bits per heavy atom. The first-order valence-electron chi connectivity index (χ1n) is 4.31. The van der Waals surface area contributed by atoms with E-state index in [4.69, 9.17) is 15.6 Å². The highest BCUT2D eigenvalue weighted by Crippen LogP contribution is 2.14. The minimum atomic E-state index is -0.714. The minimum Gasteiger partial charge on any atom is -0.437 e. The summed E-state index contributed by atoms with van der Waals surface area (Å²) in [4.78, 5) is 10.6. The smallest absolute Gasteiger partial charge is 0.316 e. The molecule has 0 aliphatic rings. The average Bonchev–Trinajstić information content (AvgIpc) is 2.18. The van der Waals surface area contributed by atoms with Gasteiger partial charge in [0.25, 0.3) is 0 Å². The quantitative estimate of drug-likeness (QED) is 0.653. The first kappa shape index (κ1) is 9.26. The predicted molar refractivity (Wildman–Crippen MR) is 55.3 cm³/mol. The van der Waals surface area contributed by atoms with Gasteiger partial charge in [0.05, 0.1) is 0 Å². The first-order valence-corrected chi connectivity index (χ1v) is 4.31. The van der Waals surface area contributed by atoms with E-state index < -0.39 is 6.03 Å². The van der Waals surface area contributed by atoms with Crippen LogP contribution in [0.5, 0.6) is 0 Å². The topological polar surface area (TPSA) is 92.1 Å². The maximum absolute atomic E-state index is 10.6. The molecule has 0 aliphatic carbocycles. The van der Waals surface area contributed by atoms with Crippen LogP contribution < -0.4 is 16.6 Å². The van der Waals surface area contributed by atoms with Crippen LogP contribution in [0.1, 0.15) is 0 Å². The van der Waals surface area contributed by atoms with Gasteiger partial charge in [0, 0.05) is 5.39 Å². The SMILES string of the molecule is N=c1oc2ccccc2cc1NC(N)=O. The van der Waals surface area contributed by atoms with E-state index >= 15 is 0 Å². The second-order valence-electron chi connectivity index (χ2n) is 3.02. The van der Waals surface area contributed by atoms with Crippen molar-refractivity contribution in [2.24, 2.45) is 5.73 Å². The monoisotopic (exact) mass is 203 g/mol. The molecular weight excluding hydrogens is 194 g/mol. The van der Waals surface area contributed by atoms with Crippen molar-refractivity contribution in [3.63, 3.8) is 0 Å². The number of primary amides is 1. The molecule has 0 fully saturated rings. The van der Waals surface area contributed by atoms with Gasteiger partial charge in [-0.05, 0) is 12.1 Å². The van der Waals surface area contributed by atoms with E-state index in [1.165, 1.54) is 0 Å². The third-order valence-corrected chi connectivity index (χ3v) is 1.93. The summed E-state index contributed by atoms with van der Waals surface area (Å²) in [7, 11) is 0. The van der Waals surface area contributed by atoms with E-state index in [0.717, 1.165) is 5.39 Å². The number of hydrogen-bond donors (Lipinski definition) is 3. The van der Waals surface area contributed by atoms with Crippen molar-refractivity contribution in [3.8, 4) is 0 Å². The van der Waals surface area contributed by atoms with Crippen LogP contribution >= 0.6 is 0 Å². The molecule has 5 nitrogen and oxygen atoms in total. The molecule has 0 saturated carbocycles. The number of anilines is 1. The van der Waals surface area contributed by atoms with Crippen molar-refractivity contribution in [2.45, 2.75) is 0 Å². The molecule has 0 atom stereocenters. The lowest BCUT2D eigenvalue weighted by Gasteiger charge is -2.02. The van der Waals surface area contributed by atoms with Gasteiger partial charge in [0.15, 0.2) is 0 Å². The predicted octanol–water partition coefficient (Wildman–Crippen LogP) is 1.40.